The summed E-state index contributed by atoms with van der Waals surface area (Å²) >= 11 is 0. The number of nitrogens with two attached hydrogens (primary N) is 8. The Morgan fingerprint density at radius 2 is 0.851 bits per heavy atom. The lowest BCUT2D eigenvalue weighted by Gasteiger charge is -2.31. The average molecular weight is 1430 g/mol. The third-order valence-electron chi connectivity index (χ3n) is 15.8. The summed E-state index contributed by atoms with van der Waals surface area (Å²) in [5, 5.41) is 65.6. The van der Waals surface area contributed by atoms with Crippen molar-refractivity contribution in [1.29, 1.82) is 0 Å². The monoisotopic (exact) mass is 1430 g/mol. The lowest BCUT2D eigenvalue weighted by Crippen LogP contribution is -2.61. The summed E-state index contributed by atoms with van der Waals surface area (Å²) in [7, 11) is 0. The molecule has 13 amide bonds. The first kappa shape index (κ1) is 87.1. The molecule has 0 spiro atoms. The molecule has 0 aliphatic carbocycles. The molecule has 1 heterocycles. The summed E-state index contributed by atoms with van der Waals surface area (Å²) in [5.41, 5.74) is 44.7. The summed E-state index contributed by atoms with van der Waals surface area (Å²) < 4.78 is 0. The van der Waals surface area contributed by atoms with Gasteiger partial charge < -0.3 is 124 Å². The van der Waals surface area contributed by atoms with Crippen LogP contribution >= 0.6 is 0 Å². The third-order valence-corrected chi connectivity index (χ3v) is 15.8. The maximum Gasteiger partial charge on any atom is 0.326 e. The first-order chi connectivity index (χ1) is 47.7. The molecular weight excluding hydrogens is 1330 g/mol. The van der Waals surface area contributed by atoms with Crippen molar-refractivity contribution in [2.75, 3.05) is 45.9 Å². The summed E-state index contributed by atoms with van der Waals surface area (Å²) in [6, 6.07) is -11.2. The van der Waals surface area contributed by atoms with Gasteiger partial charge in [-0.1, -0.05) is 26.0 Å². The largest absolute Gasteiger partial charge is 0.508 e. The molecule has 566 valence electrons. The van der Waals surface area contributed by atoms with Gasteiger partial charge in [0.25, 0.3) is 0 Å². The number of amides is 13. The number of likely N-dealkylation sites (tertiary alicyclic amines) is 1. The van der Waals surface area contributed by atoms with Crippen LogP contribution in [-0.2, 0) is 73.5 Å². The molecular formula is C62H105N21O18. The van der Waals surface area contributed by atoms with Gasteiger partial charge in [-0.3, -0.25) is 72.3 Å². The molecule has 101 heavy (non-hydrogen) atoms. The number of hydrogen-bond acceptors (Lipinski definition) is 21. The van der Waals surface area contributed by atoms with Crippen molar-refractivity contribution in [3.8, 4) is 5.75 Å². The molecule has 11 atom stereocenters. The van der Waals surface area contributed by atoms with Crippen LogP contribution in [-0.4, -0.2) is 232 Å². The highest BCUT2D eigenvalue weighted by Gasteiger charge is 2.41. The van der Waals surface area contributed by atoms with E-state index in [0.717, 1.165) is 11.8 Å². The molecule has 0 aromatic heterocycles. The van der Waals surface area contributed by atoms with E-state index in [2.05, 4.69) is 63.2 Å². The van der Waals surface area contributed by atoms with Crippen LogP contribution in [0.3, 0.4) is 0 Å². The fourth-order valence-corrected chi connectivity index (χ4v) is 10.5. The van der Waals surface area contributed by atoms with Crippen molar-refractivity contribution < 1.29 is 87.5 Å². The molecule has 1 aliphatic rings. The van der Waals surface area contributed by atoms with Crippen LogP contribution in [0.25, 0.3) is 0 Å². The minimum atomic E-state index is -1.87. The van der Waals surface area contributed by atoms with Gasteiger partial charge in [0.05, 0.1) is 13.2 Å². The predicted molar refractivity (Wildman–Crippen MR) is 365 cm³/mol. The van der Waals surface area contributed by atoms with E-state index >= 15 is 0 Å². The Kier molecular flexibility index (Phi) is 40.0. The molecule has 1 aromatic rings. The Hall–Kier alpha value is -10.0. The number of guanidine groups is 2. The minimum absolute atomic E-state index is 0.00000564. The van der Waals surface area contributed by atoms with Crippen molar-refractivity contribution in [3.63, 3.8) is 0 Å². The molecule has 30 N–H and O–H groups in total. The Morgan fingerprint density at radius 3 is 1.26 bits per heavy atom. The number of aliphatic carboxylic acids is 1. The molecule has 1 aromatic carbocycles. The summed E-state index contributed by atoms with van der Waals surface area (Å²) in [6.07, 6.45) is -0.761. The van der Waals surface area contributed by atoms with Gasteiger partial charge >= 0.3 is 5.97 Å². The van der Waals surface area contributed by atoms with Gasteiger partial charge in [-0.05, 0) is 133 Å². The highest BCUT2D eigenvalue weighted by Crippen LogP contribution is 2.21. The number of carbonyl (C=O) groups is 14. The van der Waals surface area contributed by atoms with Gasteiger partial charge in [0.2, 0.25) is 76.8 Å². The van der Waals surface area contributed by atoms with Gasteiger partial charge in [-0.2, -0.15) is 0 Å². The van der Waals surface area contributed by atoms with Crippen molar-refractivity contribution >= 4 is 94.7 Å². The standard InChI is InChI=1S/C62H105N21O18/c1-33(2)29-44(60(100)101)80-55(95)43(30-35-16-18-36(87)19-17-35)79-51(91)38(12-5-7-25-64)76-56(96)45(31-84)81-52(92)39(13-8-26-71-61(67)68)75-54(94)41(21-23-49(66)89)77-57(97)46(32-85)82-58(98)47-15-10-28-83(47)59(99)42(14-9-27-72-62(69)70)78-50(90)37(11-4-6-24-63)74-53(93)40(73-34(3)86)20-22-48(65)88/h16-19,33,37-47,84-85,87H,4-15,20-32,63-64H2,1-3H3,(H2,65,88)(H2,66,89)(H,73,86)(H,74,93)(H,75,94)(H,76,96)(H,77,97)(H,78,90)(H,79,91)(H,80,95)(H,81,92)(H,82,98)(H,100,101)(H4,67,68,71)(H4,69,70,72)/t37-,38-,39-,40-,41-,42-,43-,44-,45-,46-,47-/m0/s1. The highest BCUT2D eigenvalue weighted by atomic mass is 16.4. The maximum absolute atomic E-state index is 14.6. The number of carbonyl (C=O) groups excluding carboxylic acids is 13. The van der Waals surface area contributed by atoms with Crippen molar-refractivity contribution in [2.45, 2.75) is 203 Å². The molecule has 39 heteroatoms. The number of carboxylic acids is 1. The minimum Gasteiger partial charge on any atom is -0.508 e. The van der Waals surface area contributed by atoms with Crippen LogP contribution in [0.15, 0.2) is 34.3 Å². The van der Waals surface area contributed by atoms with Crippen LogP contribution in [0.4, 0.5) is 0 Å². The number of aliphatic imine (C=N–C) groups is 2. The van der Waals surface area contributed by atoms with E-state index in [9.17, 15) is 87.5 Å². The zero-order chi connectivity index (χ0) is 75.9. The van der Waals surface area contributed by atoms with E-state index < -0.39 is 175 Å². The van der Waals surface area contributed by atoms with Crippen LogP contribution in [0, 0.1) is 5.92 Å². The number of unbranched alkanes of at least 4 members (excludes halogenated alkanes) is 2. The third kappa shape index (κ3) is 33.6. The maximum atomic E-state index is 14.6. The Labute approximate surface area is 584 Å². The second-order valence-corrected chi connectivity index (χ2v) is 24.7. The summed E-state index contributed by atoms with van der Waals surface area (Å²) in [4.78, 5) is 198. The number of phenols is 1. The first-order valence-electron chi connectivity index (χ1n) is 33.4. The molecule has 0 bridgehead atoms. The molecule has 1 fully saturated rings. The number of aliphatic hydroxyl groups excluding tert-OH is 2. The van der Waals surface area contributed by atoms with Crippen molar-refractivity contribution in [3.05, 3.63) is 29.8 Å². The zero-order valence-corrected chi connectivity index (χ0v) is 57.4. The Bertz CT molecular complexity index is 3010. The van der Waals surface area contributed by atoms with Crippen molar-refractivity contribution in [2.24, 2.45) is 61.8 Å². The zero-order valence-electron chi connectivity index (χ0n) is 57.4. The molecule has 2 rings (SSSR count). The van der Waals surface area contributed by atoms with E-state index in [1.165, 1.54) is 24.3 Å². The molecule has 1 saturated heterocycles. The average Bonchev–Trinajstić information content (AvgIpc) is 1.69. The molecule has 1 aliphatic heterocycles. The number of aromatic hydroxyl groups is 1. The number of nitrogens with one attached hydrogen (secondary N) is 10. The Morgan fingerprint density at radius 1 is 0.485 bits per heavy atom. The number of phenolic OH excluding ortho intramolecular Hbond substituents is 1. The van der Waals surface area contributed by atoms with Gasteiger partial charge in [-0.15, -0.1) is 0 Å². The SMILES string of the molecule is CC(=O)N[C@@H](CCC(N)=O)C(=O)N[C@@H](CCCCN)C(=O)N[C@@H](CCCN=C(N)N)C(=O)N1CCC[C@H]1C(=O)N[C@@H](CO)C(=O)N[C@@H](CCC(N)=O)C(=O)N[C@@H](CCCN=C(N)N)C(=O)N[C@@H](CO)C(=O)N[C@@H](CCCCN)C(=O)N[C@@H](Cc1ccc(O)cc1)C(=O)N[C@@H](CC(C)C)C(=O)O. The summed E-state index contributed by atoms with van der Waals surface area (Å²) in [5.74, 6) is -14.5. The number of primary amides is 2. The molecule has 0 radical (unpaired) electrons. The topological polar surface area (TPSA) is 676 Å². The number of rotatable bonds is 49. The normalized spacial score (nSPS) is 15.5. The number of hydrogen-bond donors (Lipinski definition) is 22. The molecule has 39 nitrogen and oxygen atoms in total. The van der Waals surface area contributed by atoms with Crippen LogP contribution in [0.1, 0.15) is 135 Å². The Balaban J connectivity index is 2.48. The molecule has 0 saturated carbocycles. The smallest absolute Gasteiger partial charge is 0.326 e. The fourth-order valence-electron chi connectivity index (χ4n) is 10.5. The van der Waals surface area contributed by atoms with E-state index in [4.69, 9.17) is 45.9 Å². The molecule has 0 unspecified atom stereocenters. The van der Waals surface area contributed by atoms with E-state index in [0.29, 0.717) is 24.8 Å². The quantitative estimate of drug-likeness (QED) is 0.0164. The van der Waals surface area contributed by atoms with Gasteiger partial charge in [0.15, 0.2) is 11.9 Å². The number of nitrogens with zero attached hydrogens (tertiary/aromatic N) is 3. The van der Waals surface area contributed by atoms with E-state index in [-0.39, 0.29) is 140 Å². The number of benzene rings is 1. The highest BCUT2D eigenvalue weighted by molar-refractivity contribution is 6.00. The summed E-state index contributed by atoms with van der Waals surface area (Å²) in [6.45, 7) is 2.59. The van der Waals surface area contributed by atoms with E-state index in [1.54, 1.807) is 13.8 Å². The van der Waals surface area contributed by atoms with Gasteiger partial charge in [0, 0.05) is 45.8 Å². The van der Waals surface area contributed by atoms with Crippen LogP contribution in [0.2, 0.25) is 0 Å². The number of carboxylic acid groups (broad SMARTS) is 1. The van der Waals surface area contributed by atoms with Crippen LogP contribution in [0.5, 0.6) is 5.75 Å². The second-order valence-electron chi connectivity index (χ2n) is 24.7. The van der Waals surface area contributed by atoms with Gasteiger partial charge in [-0.25, -0.2) is 4.79 Å². The van der Waals surface area contributed by atoms with Gasteiger partial charge in [0.1, 0.15) is 72.2 Å². The van der Waals surface area contributed by atoms with Crippen LogP contribution < -0.4 is 99.0 Å². The fraction of sp³-hybridized carbons (Fsp3) is 0.645. The second kappa shape index (κ2) is 46.3. The lowest BCUT2D eigenvalue weighted by molar-refractivity contribution is -0.143. The lowest BCUT2D eigenvalue weighted by atomic mass is 10.0. The van der Waals surface area contributed by atoms with E-state index in [1.807, 2.05) is 0 Å². The van der Waals surface area contributed by atoms with Crippen molar-refractivity contribution in [1.82, 2.24) is 58.1 Å². The first-order valence-corrected chi connectivity index (χ1v) is 33.4. The predicted octanol–water partition coefficient (Wildman–Crippen LogP) is -8.19. The number of aliphatic hydroxyl groups is 2.